The van der Waals surface area contributed by atoms with E-state index in [0.717, 1.165) is 10.9 Å². The van der Waals surface area contributed by atoms with Crippen LogP contribution in [0.25, 0.3) is 10.9 Å². The van der Waals surface area contributed by atoms with Gasteiger partial charge in [-0.25, -0.2) is 4.98 Å². The first kappa shape index (κ1) is 6.90. The topological polar surface area (TPSA) is 76.8 Å². The fourth-order valence-corrected chi connectivity index (χ4v) is 1.09. The number of H-pyrrole nitrogens is 1. The third-order valence-electron chi connectivity index (χ3n) is 1.70. The number of aromatic nitrogens is 3. The zero-order chi connectivity index (χ0) is 8.55. The first-order chi connectivity index (χ1) is 5.83. The number of nitrogens with two attached hydrogens (primary N) is 1. The molecule has 0 aliphatic heterocycles. The normalized spacial score (nSPS) is 10.4. The SMILES string of the molecule is COc1cnc(N)c2cn[nH]c12. The van der Waals surface area contributed by atoms with Crippen LogP contribution in [0.1, 0.15) is 0 Å². The first-order valence-corrected chi connectivity index (χ1v) is 3.44. The maximum atomic E-state index is 5.60. The fraction of sp³-hybridized carbons (Fsp3) is 0.143. The second-order valence-corrected chi connectivity index (χ2v) is 2.37. The number of hydrogen-bond acceptors (Lipinski definition) is 4. The number of aromatic amines is 1. The number of rotatable bonds is 1. The maximum Gasteiger partial charge on any atom is 0.162 e. The van der Waals surface area contributed by atoms with Crippen molar-refractivity contribution < 1.29 is 4.74 Å². The number of anilines is 1. The molecule has 0 spiro atoms. The molecular weight excluding hydrogens is 156 g/mol. The summed E-state index contributed by atoms with van der Waals surface area (Å²) in [6, 6.07) is 0. The third-order valence-corrected chi connectivity index (χ3v) is 1.70. The molecule has 2 aromatic heterocycles. The van der Waals surface area contributed by atoms with Crippen LogP contribution in [-0.4, -0.2) is 22.3 Å². The van der Waals surface area contributed by atoms with Crippen LogP contribution in [0.2, 0.25) is 0 Å². The molecule has 0 aromatic carbocycles. The molecule has 12 heavy (non-hydrogen) atoms. The van der Waals surface area contributed by atoms with Crippen molar-refractivity contribution in [2.75, 3.05) is 12.8 Å². The van der Waals surface area contributed by atoms with Gasteiger partial charge >= 0.3 is 0 Å². The highest BCUT2D eigenvalue weighted by Crippen LogP contribution is 2.24. The molecule has 0 aliphatic rings. The van der Waals surface area contributed by atoms with Gasteiger partial charge in [0.25, 0.3) is 0 Å². The lowest BCUT2D eigenvalue weighted by Gasteiger charge is -2.00. The Morgan fingerprint density at radius 2 is 2.33 bits per heavy atom. The van der Waals surface area contributed by atoms with Gasteiger partial charge in [-0.3, -0.25) is 5.10 Å². The minimum Gasteiger partial charge on any atom is -0.493 e. The van der Waals surface area contributed by atoms with Gasteiger partial charge in [0.05, 0.1) is 24.9 Å². The summed E-state index contributed by atoms with van der Waals surface area (Å²) in [4.78, 5) is 3.94. The number of hydrogen-bond donors (Lipinski definition) is 2. The van der Waals surface area contributed by atoms with E-state index in [4.69, 9.17) is 10.5 Å². The molecule has 0 saturated carbocycles. The van der Waals surface area contributed by atoms with E-state index in [1.807, 2.05) is 0 Å². The molecule has 0 bridgehead atoms. The van der Waals surface area contributed by atoms with Crippen LogP contribution in [0.15, 0.2) is 12.4 Å². The standard InChI is InChI=1S/C7H8N4O/c1-12-5-3-9-7(8)4-2-10-11-6(4)5/h2-3H,1H3,(H2,8,9)(H,10,11). The van der Waals surface area contributed by atoms with Crippen molar-refractivity contribution in [2.45, 2.75) is 0 Å². The van der Waals surface area contributed by atoms with Crippen LogP contribution < -0.4 is 10.5 Å². The van der Waals surface area contributed by atoms with Crippen molar-refractivity contribution in [1.82, 2.24) is 15.2 Å². The molecule has 0 fully saturated rings. The molecule has 0 atom stereocenters. The summed E-state index contributed by atoms with van der Waals surface area (Å²) in [6.45, 7) is 0. The number of methoxy groups -OCH3 is 1. The highest BCUT2D eigenvalue weighted by Gasteiger charge is 2.06. The minimum absolute atomic E-state index is 0.458. The summed E-state index contributed by atoms with van der Waals surface area (Å²) in [5, 5.41) is 7.42. The van der Waals surface area contributed by atoms with Gasteiger partial charge in [0.2, 0.25) is 0 Å². The van der Waals surface area contributed by atoms with Crippen molar-refractivity contribution in [3.63, 3.8) is 0 Å². The Balaban J connectivity index is 2.82. The Morgan fingerprint density at radius 1 is 1.50 bits per heavy atom. The Morgan fingerprint density at radius 3 is 3.08 bits per heavy atom. The Labute approximate surface area is 68.5 Å². The lowest BCUT2D eigenvalue weighted by molar-refractivity contribution is 0.417. The van der Waals surface area contributed by atoms with E-state index >= 15 is 0 Å². The third kappa shape index (κ3) is 0.795. The molecule has 2 aromatic rings. The molecule has 0 unspecified atom stereocenters. The summed E-state index contributed by atoms with van der Waals surface area (Å²) in [5.41, 5.74) is 6.38. The number of ether oxygens (including phenoxy) is 1. The van der Waals surface area contributed by atoms with Gasteiger partial charge in [-0.2, -0.15) is 5.10 Å². The number of nitrogen functional groups attached to an aromatic ring is 1. The maximum absolute atomic E-state index is 5.60. The second-order valence-electron chi connectivity index (χ2n) is 2.37. The molecule has 0 radical (unpaired) electrons. The predicted molar refractivity (Wildman–Crippen MR) is 44.9 cm³/mol. The zero-order valence-corrected chi connectivity index (χ0v) is 6.53. The largest absolute Gasteiger partial charge is 0.493 e. The number of nitrogens with one attached hydrogen (secondary N) is 1. The summed E-state index contributed by atoms with van der Waals surface area (Å²) in [6.07, 6.45) is 3.19. The van der Waals surface area contributed by atoms with E-state index in [1.165, 1.54) is 0 Å². The van der Waals surface area contributed by atoms with Crippen LogP contribution in [0.5, 0.6) is 5.75 Å². The van der Waals surface area contributed by atoms with Crippen molar-refractivity contribution in [3.8, 4) is 5.75 Å². The molecule has 0 saturated heterocycles. The summed E-state index contributed by atoms with van der Waals surface area (Å²) in [5.74, 6) is 1.11. The average molecular weight is 164 g/mol. The van der Waals surface area contributed by atoms with Crippen LogP contribution >= 0.6 is 0 Å². The average Bonchev–Trinajstić information content (AvgIpc) is 2.54. The first-order valence-electron chi connectivity index (χ1n) is 3.44. The molecule has 0 aliphatic carbocycles. The Bertz CT molecular complexity index is 409. The lowest BCUT2D eigenvalue weighted by Crippen LogP contribution is -1.92. The lowest BCUT2D eigenvalue weighted by atomic mass is 10.3. The minimum atomic E-state index is 0.458. The van der Waals surface area contributed by atoms with Crippen LogP contribution in [0, 0.1) is 0 Å². The van der Waals surface area contributed by atoms with E-state index in [0.29, 0.717) is 11.6 Å². The van der Waals surface area contributed by atoms with Crippen LogP contribution in [0.4, 0.5) is 5.82 Å². The fourth-order valence-electron chi connectivity index (χ4n) is 1.09. The van der Waals surface area contributed by atoms with Gasteiger partial charge in [-0.1, -0.05) is 0 Å². The molecule has 5 nitrogen and oxygen atoms in total. The molecule has 62 valence electrons. The van der Waals surface area contributed by atoms with Gasteiger partial charge < -0.3 is 10.5 Å². The quantitative estimate of drug-likeness (QED) is 0.645. The predicted octanol–water partition coefficient (Wildman–Crippen LogP) is 0.549. The molecule has 5 heteroatoms. The summed E-state index contributed by atoms with van der Waals surface area (Å²) < 4.78 is 5.05. The summed E-state index contributed by atoms with van der Waals surface area (Å²) >= 11 is 0. The van der Waals surface area contributed by atoms with Crippen molar-refractivity contribution in [2.24, 2.45) is 0 Å². The van der Waals surface area contributed by atoms with E-state index in [9.17, 15) is 0 Å². The van der Waals surface area contributed by atoms with Gasteiger partial charge in [0, 0.05) is 0 Å². The Hall–Kier alpha value is -1.78. The van der Waals surface area contributed by atoms with E-state index in [1.54, 1.807) is 19.5 Å². The van der Waals surface area contributed by atoms with Crippen molar-refractivity contribution in [3.05, 3.63) is 12.4 Å². The summed E-state index contributed by atoms with van der Waals surface area (Å²) in [7, 11) is 1.58. The smallest absolute Gasteiger partial charge is 0.162 e. The monoisotopic (exact) mass is 164 g/mol. The number of pyridine rings is 1. The highest BCUT2D eigenvalue weighted by atomic mass is 16.5. The second kappa shape index (κ2) is 2.37. The number of fused-ring (bicyclic) bond motifs is 1. The van der Waals surface area contributed by atoms with E-state index < -0.39 is 0 Å². The van der Waals surface area contributed by atoms with Gasteiger partial charge in [0.15, 0.2) is 5.75 Å². The molecule has 3 N–H and O–H groups in total. The Kier molecular flexibility index (Phi) is 1.36. The molecule has 2 rings (SSSR count). The van der Waals surface area contributed by atoms with Crippen LogP contribution in [0.3, 0.4) is 0 Å². The highest BCUT2D eigenvalue weighted by molar-refractivity contribution is 5.91. The van der Waals surface area contributed by atoms with Crippen LogP contribution in [-0.2, 0) is 0 Å². The van der Waals surface area contributed by atoms with Gasteiger partial charge in [-0.05, 0) is 0 Å². The van der Waals surface area contributed by atoms with Gasteiger partial charge in [0.1, 0.15) is 11.3 Å². The molecule has 2 heterocycles. The zero-order valence-electron chi connectivity index (χ0n) is 6.53. The number of nitrogens with zero attached hydrogens (tertiary/aromatic N) is 2. The van der Waals surface area contributed by atoms with Crippen molar-refractivity contribution in [1.29, 1.82) is 0 Å². The van der Waals surface area contributed by atoms with E-state index in [2.05, 4.69) is 15.2 Å². The van der Waals surface area contributed by atoms with E-state index in [-0.39, 0.29) is 0 Å². The van der Waals surface area contributed by atoms with Gasteiger partial charge in [-0.15, -0.1) is 0 Å². The molecule has 0 amide bonds. The van der Waals surface area contributed by atoms with Crippen molar-refractivity contribution >= 4 is 16.7 Å². The molecular formula is C7H8N4O.